The number of carbonyl (C=O) groups is 2. The number of aromatic nitrogens is 1. The summed E-state index contributed by atoms with van der Waals surface area (Å²) in [5, 5.41) is 0. The van der Waals surface area contributed by atoms with Crippen LogP contribution in [0, 0.1) is 0 Å². The van der Waals surface area contributed by atoms with Crippen LogP contribution in [0.4, 0.5) is 0 Å². The normalized spacial score (nSPS) is 11.9. The number of Topliss-reactive ketones (excluding diaryl/α,β-unsaturated/α-hetero) is 1. The molecule has 0 fully saturated rings. The predicted molar refractivity (Wildman–Crippen MR) is 53.2 cm³/mol. The number of ether oxygens (including phenoxy) is 1. The molecule has 0 aliphatic carbocycles. The minimum Gasteiger partial charge on any atom is -0.464 e. The Hall–Kier alpha value is -1.75. The molecule has 0 radical (unpaired) electrons. The van der Waals surface area contributed by atoms with Gasteiger partial charge in [-0.3, -0.25) is 9.78 Å². The molecule has 0 aromatic carbocycles. The highest BCUT2D eigenvalue weighted by Crippen LogP contribution is 2.02. The highest BCUT2D eigenvalue weighted by atomic mass is 16.5. The van der Waals surface area contributed by atoms with E-state index in [1.165, 1.54) is 24.5 Å². The van der Waals surface area contributed by atoms with Crippen LogP contribution < -0.4 is 5.73 Å². The van der Waals surface area contributed by atoms with E-state index in [-0.39, 0.29) is 6.61 Å². The monoisotopic (exact) mass is 208 g/mol. The number of hydrogen-bond donors (Lipinski definition) is 1. The van der Waals surface area contributed by atoms with E-state index in [9.17, 15) is 9.59 Å². The molecule has 1 unspecified atom stereocenters. The van der Waals surface area contributed by atoms with Gasteiger partial charge in [-0.15, -0.1) is 0 Å². The van der Waals surface area contributed by atoms with Crippen LogP contribution in [0.2, 0.25) is 0 Å². The first-order chi connectivity index (χ1) is 7.16. The van der Waals surface area contributed by atoms with Crippen LogP contribution >= 0.6 is 0 Å². The van der Waals surface area contributed by atoms with Gasteiger partial charge in [0.15, 0.2) is 11.8 Å². The second kappa shape index (κ2) is 5.21. The molecule has 0 bridgehead atoms. The Balaban J connectivity index is 2.73. The van der Waals surface area contributed by atoms with E-state index in [2.05, 4.69) is 9.72 Å². The number of hydrogen-bond acceptors (Lipinski definition) is 5. The lowest BCUT2D eigenvalue weighted by Gasteiger charge is -2.08. The fourth-order valence-electron chi connectivity index (χ4n) is 1.03. The van der Waals surface area contributed by atoms with Gasteiger partial charge in [0.2, 0.25) is 0 Å². The summed E-state index contributed by atoms with van der Waals surface area (Å²) in [7, 11) is 0. The molecule has 0 amide bonds. The molecule has 0 saturated carbocycles. The van der Waals surface area contributed by atoms with Gasteiger partial charge in [-0.1, -0.05) is 0 Å². The Labute approximate surface area is 87.3 Å². The predicted octanol–water partition coefficient (Wildman–Crippen LogP) is 0.155. The molecule has 2 N–H and O–H groups in total. The fourth-order valence-corrected chi connectivity index (χ4v) is 1.03. The number of carbonyl (C=O) groups excluding carboxylic acids is 2. The highest BCUT2D eigenvalue weighted by Gasteiger charge is 2.24. The first-order valence-corrected chi connectivity index (χ1v) is 4.53. The largest absolute Gasteiger partial charge is 0.464 e. The van der Waals surface area contributed by atoms with Crippen molar-refractivity contribution in [3.05, 3.63) is 30.1 Å². The van der Waals surface area contributed by atoms with Crippen LogP contribution in [0.25, 0.3) is 0 Å². The van der Waals surface area contributed by atoms with Crippen LogP contribution in [0.3, 0.4) is 0 Å². The zero-order valence-corrected chi connectivity index (χ0v) is 8.34. The molecular formula is C10H12N2O3. The van der Waals surface area contributed by atoms with Crippen LogP contribution in [0.5, 0.6) is 0 Å². The average Bonchev–Trinajstić information content (AvgIpc) is 2.28. The summed E-state index contributed by atoms with van der Waals surface area (Å²) in [6.07, 6.45) is 2.93. The van der Waals surface area contributed by atoms with Gasteiger partial charge in [0, 0.05) is 18.0 Å². The van der Waals surface area contributed by atoms with Crippen LogP contribution in [0.15, 0.2) is 24.5 Å². The van der Waals surface area contributed by atoms with E-state index in [1.807, 2.05) is 0 Å². The first kappa shape index (κ1) is 11.3. The Kier molecular flexibility index (Phi) is 3.93. The van der Waals surface area contributed by atoms with E-state index in [0.717, 1.165) is 0 Å². The molecule has 5 nitrogen and oxygen atoms in total. The minimum absolute atomic E-state index is 0.205. The molecule has 0 saturated heterocycles. The number of nitrogens with two attached hydrogens (primary N) is 1. The third-order valence-corrected chi connectivity index (χ3v) is 1.79. The van der Waals surface area contributed by atoms with Crippen LogP contribution in [-0.2, 0) is 9.53 Å². The molecule has 1 heterocycles. The number of pyridine rings is 1. The van der Waals surface area contributed by atoms with E-state index < -0.39 is 17.8 Å². The van der Waals surface area contributed by atoms with Crippen molar-refractivity contribution in [3.63, 3.8) is 0 Å². The van der Waals surface area contributed by atoms with Gasteiger partial charge in [0.1, 0.15) is 0 Å². The van der Waals surface area contributed by atoms with Crippen molar-refractivity contribution >= 4 is 11.8 Å². The minimum atomic E-state index is -1.26. The number of ketones is 1. The van der Waals surface area contributed by atoms with Crippen LogP contribution in [-0.4, -0.2) is 29.4 Å². The molecular weight excluding hydrogens is 196 g/mol. The molecule has 1 aromatic heterocycles. The van der Waals surface area contributed by atoms with Gasteiger partial charge >= 0.3 is 5.97 Å². The van der Waals surface area contributed by atoms with Gasteiger partial charge in [-0.25, -0.2) is 4.79 Å². The quantitative estimate of drug-likeness (QED) is 0.433. The van der Waals surface area contributed by atoms with Gasteiger partial charge in [-0.2, -0.15) is 0 Å². The molecule has 0 aliphatic heterocycles. The molecule has 5 heteroatoms. The molecule has 1 aromatic rings. The Bertz CT molecular complexity index is 351. The third kappa shape index (κ3) is 2.85. The summed E-state index contributed by atoms with van der Waals surface area (Å²) in [4.78, 5) is 26.5. The summed E-state index contributed by atoms with van der Waals surface area (Å²) in [6.45, 7) is 1.86. The van der Waals surface area contributed by atoms with Crippen molar-refractivity contribution in [2.45, 2.75) is 13.0 Å². The lowest BCUT2D eigenvalue weighted by atomic mass is 10.1. The Morgan fingerprint density at radius 1 is 1.47 bits per heavy atom. The van der Waals surface area contributed by atoms with Crippen molar-refractivity contribution in [1.82, 2.24) is 4.98 Å². The smallest absolute Gasteiger partial charge is 0.331 e. The van der Waals surface area contributed by atoms with E-state index >= 15 is 0 Å². The van der Waals surface area contributed by atoms with Crippen molar-refractivity contribution < 1.29 is 14.3 Å². The average molecular weight is 208 g/mol. The highest BCUT2D eigenvalue weighted by molar-refractivity contribution is 6.11. The zero-order valence-electron chi connectivity index (χ0n) is 8.34. The number of nitrogens with zero attached hydrogens (tertiary/aromatic N) is 1. The molecule has 80 valence electrons. The molecule has 15 heavy (non-hydrogen) atoms. The maximum atomic E-state index is 11.6. The summed E-state index contributed by atoms with van der Waals surface area (Å²) in [5.41, 5.74) is 5.79. The fraction of sp³-hybridized carbons (Fsp3) is 0.300. The molecule has 0 spiro atoms. The maximum Gasteiger partial charge on any atom is 0.331 e. The number of esters is 1. The second-order valence-corrected chi connectivity index (χ2v) is 2.83. The Morgan fingerprint density at radius 2 is 2.07 bits per heavy atom. The summed E-state index contributed by atoms with van der Waals surface area (Å²) in [6, 6.07) is 1.75. The van der Waals surface area contributed by atoms with Gasteiger partial charge < -0.3 is 10.5 Å². The summed E-state index contributed by atoms with van der Waals surface area (Å²) >= 11 is 0. The second-order valence-electron chi connectivity index (χ2n) is 2.83. The topological polar surface area (TPSA) is 82.3 Å². The van der Waals surface area contributed by atoms with Gasteiger partial charge in [-0.05, 0) is 19.1 Å². The standard InChI is InChI=1S/C10H12N2O3/c1-2-15-10(14)8(11)9(13)7-3-5-12-6-4-7/h3-6,8H,2,11H2,1H3. The van der Waals surface area contributed by atoms with Crippen molar-refractivity contribution in [2.75, 3.05) is 6.61 Å². The zero-order chi connectivity index (χ0) is 11.3. The molecule has 1 rings (SSSR count). The maximum absolute atomic E-state index is 11.6. The van der Waals surface area contributed by atoms with E-state index in [1.54, 1.807) is 6.92 Å². The lowest BCUT2D eigenvalue weighted by molar-refractivity contribution is -0.143. The Morgan fingerprint density at radius 3 is 2.60 bits per heavy atom. The molecule has 1 atom stereocenters. The molecule has 0 aliphatic rings. The van der Waals surface area contributed by atoms with E-state index in [0.29, 0.717) is 5.56 Å². The van der Waals surface area contributed by atoms with Gasteiger partial charge in [0.05, 0.1) is 6.61 Å². The summed E-state index contributed by atoms with van der Waals surface area (Å²) in [5.74, 6) is -1.17. The van der Waals surface area contributed by atoms with Gasteiger partial charge in [0.25, 0.3) is 0 Å². The number of rotatable bonds is 4. The van der Waals surface area contributed by atoms with Crippen molar-refractivity contribution in [1.29, 1.82) is 0 Å². The summed E-state index contributed by atoms with van der Waals surface area (Å²) < 4.78 is 4.65. The third-order valence-electron chi connectivity index (χ3n) is 1.79. The lowest BCUT2D eigenvalue weighted by Crippen LogP contribution is -2.40. The van der Waals surface area contributed by atoms with E-state index in [4.69, 9.17) is 5.73 Å². The van der Waals surface area contributed by atoms with Crippen LogP contribution in [0.1, 0.15) is 17.3 Å². The van der Waals surface area contributed by atoms with Crippen molar-refractivity contribution in [3.8, 4) is 0 Å². The van der Waals surface area contributed by atoms with Crippen molar-refractivity contribution in [2.24, 2.45) is 5.73 Å². The first-order valence-electron chi connectivity index (χ1n) is 4.53. The SMILES string of the molecule is CCOC(=O)C(N)C(=O)c1ccncc1.